The first-order valence-electron chi connectivity index (χ1n) is 9.70. The van der Waals surface area contributed by atoms with Gasteiger partial charge in [-0.15, -0.1) is 0 Å². The first-order chi connectivity index (χ1) is 12.5. The zero-order chi connectivity index (χ0) is 20.2. The Labute approximate surface area is 161 Å². The quantitative estimate of drug-likeness (QED) is 0.520. The summed E-state index contributed by atoms with van der Waals surface area (Å²) in [6, 6.07) is 0. The molecule has 4 aliphatic rings. The molecule has 6 atom stereocenters. The highest BCUT2D eigenvalue weighted by molar-refractivity contribution is 7.54. The molecule has 0 aliphatic heterocycles. The van der Waals surface area contributed by atoms with Gasteiger partial charge in [-0.2, -0.15) is 0 Å². The lowest BCUT2D eigenvalue weighted by atomic mass is 9.44. The van der Waals surface area contributed by atoms with Crippen molar-refractivity contribution in [1.82, 2.24) is 0 Å². The molecule has 0 radical (unpaired) electrons. The second-order valence-electron chi connectivity index (χ2n) is 8.81. The monoisotopic (exact) mass is 401 g/mol. The molecule has 4 aliphatic carbocycles. The molecule has 27 heavy (non-hydrogen) atoms. The number of aliphatic imine (C=N–C) groups is 1. The third-order valence-corrected chi connectivity index (χ3v) is 9.27. The molecular formula is C19H32NO6P. The normalized spacial score (nSPS) is 39.6. The van der Waals surface area contributed by atoms with Crippen LogP contribution in [-0.2, 0) is 23.1 Å². The van der Waals surface area contributed by atoms with Crippen molar-refractivity contribution in [3.8, 4) is 0 Å². The van der Waals surface area contributed by atoms with Crippen LogP contribution in [0.3, 0.4) is 0 Å². The van der Waals surface area contributed by atoms with E-state index in [1.165, 1.54) is 14.2 Å². The molecule has 154 valence electrons. The Balaban J connectivity index is 1.90. The molecule has 0 amide bonds. The Morgan fingerprint density at radius 1 is 1.30 bits per heavy atom. The van der Waals surface area contributed by atoms with Crippen LogP contribution in [0.2, 0.25) is 0 Å². The van der Waals surface area contributed by atoms with Crippen molar-refractivity contribution < 1.29 is 28.3 Å². The van der Waals surface area contributed by atoms with Crippen molar-refractivity contribution >= 4 is 19.3 Å². The number of ether oxygens (including phenoxy) is 1. The van der Waals surface area contributed by atoms with Crippen LogP contribution < -0.4 is 0 Å². The van der Waals surface area contributed by atoms with Gasteiger partial charge in [-0.25, -0.2) is 0 Å². The van der Waals surface area contributed by atoms with Crippen molar-refractivity contribution in [2.75, 3.05) is 20.8 Å². The maximum Gasteiger partial charge on any atom is 0.354 e. The topological polar surface area (TPSA) is 94.4 Å². The fourth-order valence-electron chi connectivity index (χ4n) is 5.06. The molecule has 2 bridgehead atoms. The predicted octanol–water partition coefficient (Wildman–Crippen LogP) is 3.26. The van der Waals surface area contributed by atoms with Gasteiger partial charge in [-0.05, 0) is 50.4 Å². The fourth-order valence-corrected chi connectivity index (χ4v) is 6.72. The van der Waals surface area contributed by atoms with Gasteiger partial charge >= 0.3 is 13.6 Å². The van der Waals surface area contributed by atoms with E-state index in [1.54, 1.807) is 13.8 Å². The van der Waals surface area contributed by atoms with Gasteiger partial charge in [-0.1, -0.05) is 13.8 Å². The molecule has 1 N–H and O–H groups in total. The Bertz CT molecular complexity index is 680. The van der Waals surface area contributed by atoms with Gasteiger partial charge in [-0.3, -0.25) is 14.4 Å². The lowest BCUT2D eigenvalue weighted by Gasteiger charge is -2.62. The maximum absolute atomic E-state index is 13.2. The summed E-state index contributed by atoms with van der Waals surface area (Å²) in [5.74, 6) is -1.14. The predicted molar refractivity (Wildman–Crippen MR) is 102 cm³/mol. The summed E-state index contributed by atoms with van der Waals surface area (Å²) in [6.07, 6.45) is 2.18. The van der Waals surface area contributed by atoms with Crippen LogP contribution >= 0.6 is 7.60 Å². The lowest BCUT2D eigenvalue weighted by molar-refractivity contribution is -0.145. The minimum absolute atomic E-state index is 0.0667. The van der Waals surface area contributed by atoms with Crippen molar-refractivity contribution in [3.63, 3.8) is 0 Å². The number of carbonyl (C=O) groups excluding carboxylic acids is 1. The molecule has 0 aromatic rings. The van der Waals surface area contributed by atoms with Crippen LogP contribution in [-0.4, -0.2) is 49.0 Å². The summed E-state index contributed by atoms with van der Waals surface area (Å²) in [4.78, 5) is 16.8. The zero-order valence-corrected chi connectivity index (χ0v) is 18.0. The van der Waals surface area contributed by atoms with Crippen LogP contribution in [0, 0.1) is 29.1 Å². The van der Waals surface area contributed by atoms with Gasteiger partial charge in [0, 0.05) is 25.8 Å². The minimum atomic E-state index is -3.55. The van der Waals surface area contributed by atoms with Crippen molar-refractivity contribution in [3.05, 3.63) is 0 Å². The second kappa shape index (κ2) is 6.94. The SMILES string of the molecule is CCOC(=O)[C@@H]1C[C@H]1[C@@H](/N=C1/C[C@@H]2C[C@@H](C2(C)C)[C@]1(C)O)P(=O)(OC)OC. The molecular weight excluding hydrogens is 369 g/mol. The van der Waals surface area contributed by atoms with E-state index in [0.717, 1.165) is 6.42 Å². The second-order valence-corrected chi connectivity index (χ2v) is 11.1. The first-order valence-corrected chi connectivity index (χ1v) is 11.3. The van der Waals surface area contributed by atoms with E-state index in [1.807, 2.05) is 0 Å². The smallest absolute Gasteiger partial charge is 0.354 e. The van der Waals surface area contributed by atoms with E-state index in [4.69, 9.17) is 18.8 Å². The Hall–Kier alpha value is -0.750. The number of hydrogen-bond donors (Lipinski definition) is 1. The third kappa shape index (κ3) is 3.31. The van der Waals surface area contributed by atoms with Crippen molar-refractivity contribution in [2.45, 2.75) is 58.3 Å². The van der Waals surface area contributed by atoms with Gasteiger partial charge < -0.3 is 18.9 Å². The van der Waals surface area contributed by atoms with Gasteiger partial charge in [0.1, 0.15) is 5.60 Å². The molecule has 0 heterocycles. The average Bonchev–Trinajstić information content (AvgIpc) is 3.39. The third-order valence-electron chi connectivity index (χ3n) is 7.11. The van der Waals surface area contributed by atoms with E-state index in [-0.39, 0.29) is 29.1 Å². The van der Waals surface area contributed by atoms with Crippen LogP contribution in [0.5, 0.6) is 0 Å². The summed E-state index contributed by atoms with van der Waals surface area (Å²) in [6.45, 7) is 8.23. The molecule has 4 rings (SSSR count). The molecule has 0 aromatic heterocycles. The average molecular weight is 401 g/mol. The number of carbonyl (C=O) groups is 1. The summed E-state index contributed by atoms with van der Waals surface area (Å²) < 4.78 is 28.7. The summed E-state index contributed by atoms with van der Waals surface area (Å²) >= 11 is 0. The summed E-state index contributed by atoms with van der Waals surface area (Å²) in [5, 5.41) is 11.2. The summed E-state index contributed by atoms with van der Waals surface area (Å²) in [7, 11) is -0.883. The highest BCUT2D eigenvalue weighted by Gasteiger charge is 2.63. The van der Waals surface area contributed by atoms with E-state index < -0.39 is 19.0 Å². The summed E-state index contributed by atoms with van der Waals surface area (Å²) in [5.41, 5.74) is -0.342. The maximum atomic E-state index is 13.2. The standard InChI is InChI=1S/C19H32NO6P/c1-7-26-17(21)13-10-12(13)16(27(23,24-5)25-6)20-15-9-11-8-14(18(11,2)3)19(15,4)22/h11-14,16,22H,7-10H2,1-6H3/b20-15-/t11-,12+,13+,14-,16-,19-/m0/s1. The molecule has 0 unspecified atom stereocenters. The van der Waals surface area contributed by atoms with E-state index in [9.17, 15) is 14.5 Å². The van der Waals surface area contributed by atoms with E-state index >= 15 is 0 Å². The number of hydrogen-bond acceptors (Lipinski definition) is 7. The molecule has 0 saturated heterocycles. The van der Waals surface area contributed by atoms with Crippen LogP contribution in [0.15, 0.2) is 4.99 Å². The van der Waals surface area contributed by atoms with Crippen LogP contribution in [0.4, 0.5) is 0 Å². The largest absolute Gasteiger partial charge is 0.466 e. The number of nitrogens with zero attached hydrogens (tertiary/aromatic N) is 1. The number of esters is 1. The molecule has 4 fully saturated rings. The minimum Gasteiger partial charge on any atom is -0.466 e. The van der Waals surface area contributed by atoms with Crippen LogP contribution in [0.25, 0.3) is 0 Å². The van der Waals surface area contributed by atoms with Gasteiger partial charge in [0.2, 0.25) is 0 Å². The van der Waals surface area contributed by atoms with Gasteiger partial charge in [0.05, 0.1) is 12.5 Å². The first kappa shape index (κ1) is 21.0. The van der Waals surface area contributed by atoms with E-state index in [2.05, 4.69) is 13.8 Å². The Kier molecular flexibility index (Phi) is 5.39. The lowest BCUT2D eigenvalue weighted by Crippen LogP contribution is -2.65. The molecule has 8 heteroatoms. The van der Waals surface area contributed by atoms with Crippen molar-refractivity contribution in [2.24, 2.45) is 34.1 Å². The molecule has 0 spiro atoms. The zero-order valence-electron chi connectivity index (χ0n) is 17.1. The van der Waals surface area contributed by atoms with Gasteiger partial charge in [0.15, 0.2) is 5.78 Å². The van der Waals surface area contributed by atoms with E-state index in [0.29, 0.717) is 31.1 Å². The Morgan fingerprint density at radius 2 is 1.93 bits per heavy atom. The molecule has 4 saturated carbocycles. The van der Waals surface area contributed by atoms with Crippen molar-refractivity contribution in [1.29, 1.82) is 0 Å². The molecule has 0 aromatic carbocycles. The number of aliphatic hydroxyl groups is 1. The highest BCUT2D eigenvalue weighted by atomic mass is 31.2. The van der Waals surface area contributed by atoms with Gasteiger partial charge in [0.25, 0.3) is 0 Å². The molecule has 7 nitrogen and oxygen atoms in total. The number of rotatable bonds is 7. The number of fused-ring (bicyclic) bond motifs is 2. The Morgan fingerprint density at radius 3 is 2.41 bits per heavy atom. The highest BCUT2D eigenvalue weighted by Crippen LogP contribution is 2.65. The van der Waals surface area contributed by atoms with Crippen LogP contribution in [0.1, 0.15) is 47.0 Å². The fraction of sp³-hybridized carbons (Fsp3) is 0.895.